The van der Waals surface area contributed by atoms with E-state index in [2.05, 4.69) is 5.32 Å². The van der Waals surface area contributed by atoms with Crippen molar-refractivity contribution < 1.29 is 19.2 Å². The molecule has 2 N–H and O–H groups in total. The molecule has 0 unspecified atom stereocenters. The summed E-state index contributed by atoms with van der Waals surface area (Å²) in [6.45, 7) is 3.84. The fourth-order valence-corrected chi connectivity index (χ4v) is 1.50. The van der Waals surface area contributed by atoms with E-state index in [1.54, 1.807) is 6.92 Å². The van der Waals surface area contributed by atoms with Gasteiger partial charge in [0.2, 0.25) is 0 Å². The van der Waals surface area contributed by atoms with E-state index >= 15 is 0 Å². The van der Waals surface area contributed by atoms with Crippen molar-refractivity contribution in [2.75, 3.05) is 19.6 Å². The smallest absolute Gasteiger partial charge is 0.325 e. The van der Waals surface area contributed by atoms with Crippen molar-refractivity contribution in [3.8, 4) is 0 Å². The van der Waals surface area contributed by atoms with Crippen LogP contribution in [-0.2, 0) is 14.4 Å². The summed E-state index contributed by atoms with van der Waals surface area (Å²) in [6, 6.07) is -1.83. The molecule has 0 aromatic rings. The highest BCUT2D eigenvalue weighted by Gasteiger charge is 2.35. The SMILES string of the molecule is CCN1CCN(C(=O)N[C@H](C)C([NH])=O)C(=O)C1=O. The Labute approximate surface area is 104 Å². The second kappa shape index (κ2) is 5.48. The molecule has 1 aliphatic rings. The number of urea groups is 1. The Morgan fingerprint density at radius 1 is 1.33 bits per heavy atom. The first-order chi connectivity index (χ1) is 8.38. The molecular formula is C10H15N4O4. The highest BCUT2D eigenvalue weighted by atomic mass is 16.2. The summed E-state index contributed by atoms with van der Waals surface area (Å²) in [6.07, 6.45) is 0. The van der Waals surface area contributed by atoms with Gasteiger partial charge >= 0.3 is 17.8 Å². The number of imide groups is 1. The first-order valence-electron chi connectivity index (χ1n) is 5.55. The molecule has 0 spiro atoms. The number of amides is 5. The minimum absolute atomic E-state index is 0.0865. The molecule has 0 aromatic heterocycles. The monoisotopic (exact) mass is 255 g/mol. The van der Waals surface area contributed by atoms with E-state index in [-0.39, 0.29) is 13.1 Å². The third-order valence-corrected chi connectivity index (χ3v) is 2.67. The maximum absolute atomic E-state index is 11.7. The van der Waals surface area contributed by atoms with Crippen LogP contribution in [0.3, 0.4) is 0 Å². The summed E-state index contributed by atoms with van der Waals surface area (Å²) in [5.41, 5.74) is 6.81. The van der Waals surface area contributed by atoms with Crippen molar-refractivity contribution >= 4 is 23.8 Å². The Kier molecular flexibility index (Phi) is 4.24. The normalized spacial score (nSPS) is 17.7. The van der Waals surface area contributed by atoms with E-state index in [1.807, 2.05) is 0 Å². The lowest BCUT2D eigenvalue weighted by molar-refractivity contribution is -0.153. The number of hydrogen-bond donors (Lipinski definition) is 1. The third kappa shape index (κ3) is 2.76. The molecule has 0 bridgehead atoms. The molecule has 1 radical (unpaired) electrons. The van der Waals surface area contributed by atoms with Gasteiger partial charge in [0.1, 0.15) is 6.04 Å². The molecule has 0 aromatic carbocycles. The van der Waals surface area contributed by atoms with Crippen LogP contribution in [0.2, 0.25) is 0 Å². The standard InChI is InChI=1S/C10H15N4O4/c1-3-13-4-5-14(9(17)8(13)16)10(18)12-6(2)7(11)15/h6,11H,3-5H2,1-2H3,(H,12,18)/t6-/m1/s1. The van der Waals surface area contributed by atoms with Crippen molar-refractivity contribution in [3.05, 3.63) is 0 Å². The lowest BCUT2D eigenvalue weighted by Gasteiger charge is -2.32. The molecule has 18 heavy (non-hydrogen) atoms. The largest absolute Gasteiger partial charge is 0.333 e. The number of hydrogen-bond acceptors (Lipinski definition) is 4. The van der Waals surface area contributed by atoms with E-state index in [0.717, 1.165) is 4.90 Å². The number of rotatable bonds is 3. The molecule has 0 aliphatic carbocycles. The lowest BCUT2D eigenvalue weighted by atomic mass is 10.3. The average molecular weight is 255 g/mol. The molecule has 1 fully saturated rings. The summed E-state index contributed by atoms with van der Waals surface area (Å²) < 4.78 is 0. The van der Waals surface area contributed by atoms with E-state index in [0.29, 0.717) is 6.54 Å². The van der Waals surface area contributed by atoms with Gasteiger partial charge < -0.3 is 10.2 Å². The van der Waals surface area contributed by atoms with Crippen LogP contribution in [0.15, 0.2) is 0 Å². The van der Waals surface area contributed by atoms with Crippen molar-refractivity contribution in [2.24, 2.45) is 0 Å². The summed E-state index contributed by atoms with van der Waals surface area (Å²) >= 11 is 0. The fraction of sp³-hybridized carbons (Fsp3) is 0.600. The van der Waals surface area contributed by atoms with Crippen molar-refractivity contribution in [1.29, 1.82) is 0 Å². The van der Waals surface area contributed by atoms with Crippen LogP contribution in [0, 0.1) is 0 Å². The zero-order chi connectivity index (χ0) is 13.9. The zero-order valence-electron chi connectivity index (χ0n) is 10.2. The quantitative estimate of drug-likeness (QED) is 0.624. The summed E-state index contributed by atoms with van der Waals surface area (Å²) in [5, 5.41) is 2.19. The van der Waals surface area contributed by atoms with Crippen molar-refractivity contribution in [3.63, 3.8) is 0 Å². The molecule has 5 amide bonds. The van der Waals surface area contributed by atoms with Gasteiger partial charge in [0.15, 0.2) is 0 Å². The van der Waals surface area contributed by atoms with Gasteiger partial charge in [0.25, 0.3) is 5.91 Å². The molecule has 0 saturated carbocycles. The number of nitrogens with one attached hydrogen (secondary N) is 2. The van der Waals surface area contributed by atoms with Gasteiger partial charge in [-0.25, -0.2) is 4.79 Å². The van der Waals surface area contributed by atoms with Crippen LogP contribution in [0.1, 0.15) is 13.8 Å². The number of nitrogens with zero attached hydrogens (tertiary/aromatic N) is 2. The van der Waals surface area contributed by atoms with Crippen LogP contribution in [0.4, 0.5) is 4.79 Å². The predicted molar refractivity (Wildman–Crippen MR) is 60.1 cm³/mol. The molecule has 8 nitrogen and oxygen atoms in total. The summed E-state index contributed by atoms with van der Waals surface area (Å²) in [7, 11) is 0. The fourth-order valence-electron chi connectivity index (χ4n) is 1.50. The molecule has 1 heterocycles. The molecule has 1 aliphatic heterocycles. The number of piperazine rings is 1. The highest BCUT2D eigenvalue weighted by molar-refractivity contribution is 6.38. The van der Waals surface area contributed by atoms with E-state index < -0.39 is 29.8 Å². The van der Waals surface area contributed by atoms with Gasteiger partial charge in [-0.2, -0.15) is 0 Å². The minimum Gasteiger partial charge on any atom is -0.333 e. The van der Waals surface area contributed by atoms with Crippen LogP contribution in [-0.4, -0.2) is 59.2 Å². The zero-order valence-corrected chi connectivity index (χ0v) is 10.2. The minimum atomic E-state index is -1.01. The van der Waals surface area contributed by atoms with Crippen molar-refractivity contribution in [2.45, 2.75) is 19.9 Å². The van der Waals surface area contributed by atoms with E-state index in [4.69, 9.17) is 5.73 Å². The predicted octanol–water partition coefficient (Wildman–Crippen LogP) is -1.42. The lowest BCUT2D eigenvalue weighted by Crippen LogP contribution is -2.59. The average Bonchev–Trinajstić information content (AvgIpc) is 2.32. The van der Waals surface area contributed by atoms with Crippen LogP contribution in [0.25, 0.3) is 0 Å². The van der Waals surface area contributed by atoms with Crippen LogP contribution in [0.5, 0.6) is 0 Å². The second-order valence-corrected chi connectivity index (χ2v) is 3.88. The van der Waals surface area contributed by atoms with Crippen LogP contribution >= 0.6 is 0 Å². The Bertz CT molecular complexity index is 395. The maximum atomic E-state index is 11.7. The van der Waals surface area contributed by atoms with Gasteiger partial charge in [-0.05, 0) is 13.8 Å². The van der Waals surface area contributed by atoms with Gasteiger partial charge in [0.05, 0.1) is 0 Å². The molecule has 1 atom stereocenters. The van der Waals surface area contributed by atoms with Gasteiger partial charge in [0, 0.05) is 19.6 Å². The molecular weight excluding hydrogens is 240 g/mol. The highest BCUT2D eigenvalue weighted by Crippen LogP contribution is 2.05. The van der Waals surface area contributed by atoms with Crippen LogP contribution < -0.4 is 11.1 Å². The Balaban J connectivity index is 2.68. The first kappa shape index (κ1) is 13.9. The Hall–Kier alpha value is -2.12. The number of likely N-dealkylation sites (N-methyl/N-ethyl adjacent to an activating group) is 1. The Morgan fingerprint density at radius 3 is 2.44 bits per heavy atom. The molecule has 8 heteroatoms. The molecule has 1 rings (SSSR count). The second-order valence-electron chi connectivity index (χ2n) is 3.88. The van der Waals surface area contributed by atoms with Gasteiger partial charge in [-0.1, -0.05) is 0 Å². The van der Waals surface area contributed by atoms with E-state index in [1.165, 1.54) is 11.8 Å². The topological polar surface area (TPSA) is 111 Å². The van der Waals surface area contributed by atoms with Crippen molar-refractivity contribution in [1.82, 2.24) is 20.9 Å². The third-order valence-electron chi connectivity index (χ3n) is 2.67. The first-order valence-corrected chi connectivity index (χ1v) is 5.55. The van der Waals surface area contributed by atoms with E-state index in [9.17, 15) is 19.2 Å². The number of carbonyl (C=O) groups excluding carboxylic acids is 4. The number of carbonyl (C=O) groups is 4. The van der Waals surface area contributed by atoms with Gasteiger partial charge in [-0.15, -0.1) is 0 Å². The summed E-state index contributed by atoms with van der Waals surface area (Å²) in [5.74, 6) is -2.61. The maximum Gasteiger partial charge on any atom is 0.325 e. The summed E-state index contributed by atoms with van der Waals surface area (Å²) in [4.78, 5) is 47.6. The Morgan fingerprint density at radius 2 is 1.94 bits per heavy atom. The molecule has 1 saturated heterocycles. The van der Waals surface area contributed by atoms with Gasteiger partial charge in [-0.3, -0.25) is 25.0 Å². The molecule has 99 valence electrons.